The van der Waals surface area contributed by atoms with E-state index in [9.17, 15) is 14.4 Å². The number of anilines is 1. The summed E-state index contributed by atoms with van der Waals surface area (Å²) in [5.41, 5.74) is 2.55. The zero-order valence-corrected chi connectivity index (χ0v) is 20.0. The Labute approximate surface area is 205 Å². The third kappa shape index (κ3) is 6.00. The Morgan fingerprint density at radius 1 is 1.03 bits per heavy atom. The summed E-state index contributed by atoms with van der Waals surface area (Å²) in [7, 11) is 0. The quantitative estimate of drug-likeness (QED) is 0.260. The molecule has 0 saturated heterocycles. The molecule has 4 aromatic rings. The molecule has 0 fully saturated rings. The molecule has 7 nitrogen and oxygen atoms in total. The second-order valence-electron chi connectivity index (χ2n) is 7.36. The van der Waals surface area contributed by atoms with Gasteiger partial charge in [0.25, 0.3) is 5.91 Å². The predicted molar refractivity (Wildman–Crippen MR) is 135 cm³/mol. The Bertz CT molecular complexity index is 1300. The van der Waals surface area contributed by atoms with Crippen molar-refractivity contribution in [3.05, 3.63) is 94.4 Å². The highest BCUT2D eigenvalue weighted by molar-refractivity contribution is 7.99. The van der Waals surface area contributed by atoms with Crippen LogP contribution >= 0.6 is 23.1 Å². The number of thioether (sulfide) groups is 1. The number of amides is 2. The van der Waals surface area contributed by atoms with E-state index in [0.29, 0.717) is 28.5 Å². The smallest absolute Gasteiger partial charge is 0.251 e. The van der Waals surface area contributed by atoms with Crippen LogP contribution in [-0.4, -0.2) is 32.9 Å². The summed E-state index contributed by atoms with van der Waals surface area (Å²) in [4.78, 5) is 41.8. The molecule has 2 amide bonds. The van der Waals surface area contributed by atoms with Crippen molar-refractivity contribution in [3.8, 4) is 5.69 Å². The van der Waals surface area contributed by atoms with Crippen molar-refractivity contribution in [1.29, 1.82) is 0 Å². The number of carbonyl (C=O) groups excluding carboxylic acids is 3. The summed E-state index contributed by atoms with van der Waals surface area (Å²) in [6.07, 6.45) is 3.45. The largest absolute Gasteiger partial charge is 0.347 e. The van der Waals surface area contributed by atoms with Gasteiger partial charge in [0.2, 0.25) is 5.91 Å². The normalized spacial score (nSPS) is 10.6. The molecule has 2 heterocycles. The van der Waals surface area contributed by atoms with E-state index in [1.807, 2.05) is 34.2 Å². The lowest BCUT2D eigenvalue weighted by atomic mass is 10.1. The average Bonchev–Trinajstić information content (AvgIpc) is 3.54. The van der Waals surface area contributed by atoms with Gasteiger partial charge in [-0.3, -0.25) is 19.0 Å². The molecule has 0 unspecified atom stereocenters. The van der Waals surface area contributed by atoms with Crippen LogP contribution in [0, 0.1) is 0 Å². The standard InChI is InChI=1S/C25H22N4O3S2/c1-17(30)18-7-9-20(10-8-18)28-23(31)16-34-25-26-11-12-29(25)21-5-2-4-19(14-21)24(32)27-15-22-6-3-13-33-22/h2-14H,15-16H2,1H3,(H,27,32)(H,28,31). The molecule has 0 atom stereocenters. The first-order chi connectivity index (χ1) is 16.5. The van der Waals surface area contributed by atoms with Crippen molar-refractivity contribution in [3.63, 3.8) is 0 Å². The zero-order chi connectivity index (χ0) is 23.9. The summed E-state index contributed by atoms with van der Waals surface area (Å²) in [5, 5.41) is 8.36. The number of hydrogen-bond acceptors (Lipinski definition) is 6. The number of benzene rings is 2. The van der Waals surface area contributed by atoms with Crippen molar-refractivity contribution in [2.24, 2.45) is 0 Å². The van der Waals surface area contributed by atoms with E-state index in [0.717, 1.165) is 10.6 Å². The van der Waals surface area contributed by atoms with Gasteiger partial charge in [0.15, 0.2) is 10.9 Å². The van der Waals surface area contributed by atoms with Gasteiger partial charge in [0, 0.05) is 39.8 Å². The minimum atomic E-state index is -0.183. The van der Waals surface area contributed by atoms with E-state index in [1.54, 1.807) is 60.1 Å². The Morgan fingerprint density at radius 2 is 1.85 bits per heavy atom. The summed E-state index contributed by atoms with van der Waals surface area (Å²) < 4.78 is 1.84. The number of rotatable bonds is 9. The highest BCUT2D eigenvalue weighted by Crippen LogP contribution is 2.22. The maximum Gasteiger partial charge on any atom is 0.251 e. The maximum absolute atomic E-state index is 12.6. The molecule has 4 rings (SSSR count). The van der Waals surface area contributed by atoms with Gasteiger partial charge in [-0.1, -0.05) is 23.9 Å². The fraction of sp³-hybridized carbons (Fsp3) is 0.120. The molecule has 0 aliphatic heterocycles. The Balaban J connectivity index is 1.37. The molecule has 2 aromatic heterocycles. The number of thiophene rings is 1. The fourth-order valence-electron chi connectivity index (χ4n) is 3.19. The lowest BCUT2D eigenvalue weighted by molar-refractivity contribution is -0.113. The Morgan fingerprint density at radius 3 is 2.59 bits per heavy atom. The molecule has 0 aliphatic rings. The van der Waals surface area contributed by atoms with Crippen LogP contribution < -0.4 is 10.6 Å². The molecule has 2 N–H and O–H groups in total. The number of nitrogens with zero attached hydrogens (tertiary/aromatic N) is 2. The predicted octanol–water partition coefficient (Wildman–Crippen LogP) is 4.80. The molecule has 0 aliphatic carbocycles. The lowest BCUT2D eigenvalue weighted by Gasteiger charge is -2.10. The summed E-state index contributed by atoms with van der Waals surface area (Å²) in [6.45, 7) is 1.99. The van der Waals surface area contributed by atoms with Crippen molar-refractivity contribution in [2.45, 2.75) is 18.6 Å². The molecular formula is C25H22N4O3S2. The zero-order valence-electron chi connectivity index (χ0n) is 18.4. The number of hydrogen-bond donors (Lipinski definition) is 2. The van der Waals surface area contributed by atoms with Gasteiger partial charge in [-0.25, -0.2) is 4.98 Å². The number of Topliss-reactive ketones (excluding diaryl/α,β-unsaturated/α-hetero) is 1. The van der Waals surface area contributed by atoms with Crippen molar-refractivity contribution >= 4 is 46.4 Å². The fourth-order valence-corrected chi connectivity index (χ4v) is 4.61. The summed E-state index contributed by atoms with van der Waals surface area (Å²) in [5.74, 6) is -0.201. The first kappa shape index (κ1) is 23.5. The molecular weight excluding hydrogens is 468 g/mol. The van der Waals surface area contributed by atoms with Crippen molar-refractivity contribution in [2.75, 3.05) is 11.1 Å². The van der Waals surface area contributed by atoms with Gasteiger partial charge < -0.3 is 10.6 Å². The number of nitrogens with one attached hydrogen (secondary N) is 2. The van der Waals surface area contributed by atoms with E-state index in [4.69, 9.17) is 0 Å². The van der Waals surface area contributed by atoms with Gasteiger partial charge in [-0.05, 0) is 60.8 Å². The first-order valence-electron chi connectivity index (χ1n) is 10.5. The maximum atomic E-state index is 12.6. The minimum Gasteiger partial charge on any atom is -0.347 e. The Hall–Kier alpha value is -3.69. The SMILES string of the molecule is CC(=O)c1ccc(NC(=O)CSc2nccn2-c2cccc(C(=O)NCc3cccs3)c2)cc1. The number of aromatic nitrogens is 2. The molecule has 172 valence electrons. The molecule has 9 heteroatoms. The van der Waals surface area contributed by atoms with Crippen molar-refractivity contribution < 1.29 is 14.4 Å². The summed E-state index contributed by atoms with van der Waals surface area (Å²) in [6, 6.07) is 18.0. The monoisotopic (exact) mass is 490 g/mol. The van der Waals surface area contributed by atoms with Crippen LogP contribution in [0.25, 0.3) is 5.69 Å². The molecule has 0 radical (unpaired) electrons. The number of carbonyl (C=O) groups is 3. The third-order valence-electron chi connectivity index (χ3n) is 4.90. The second-order valence-corrected chi connectivity index (χ2v) is 9.34. The van der Waals surface area contributed by atoms with Crippen LogP contribution in [0.4, 0.5) is 5.69 Å². The molecule has 0 spiro atoms. The molecule has 2 aromatic carbocycles. The Kier molecular flexibility index (Phi) is 7.56. The second kappa shape index (κ2) is 11.0. The van der Waals surface area contributed by atoms with Crippen molar-refractivity contribution in [1.82, 2.24) is 14.9 Å². The van der Waals surface area contributed by atoms with Crippen LogP contribution in [-0.2, 0) is 11.3 Å². The highest BCUT2D eigenvalue weighted by Gasteiger charge is 2.12. The lowest BCUT2D eigenvalue weighted by Crippen LogP contribution is -2.22. The summed E-state index contributed by atoms with van der Waals surface area (Å²) >= 11 is 2.89. The van der Waals surface area contributed by atoms with E-state index >= 15 is 0 Å². The van der Waals surface area contributed by atoms with Crippen LogP contribution in [0.2, 0.25) is 0 Å². The van der Waals surface area contributed by atoms with E-state index in [2.05, 4.69) is 15.6 Å². The topological polar surface area (TPSA) is 93.1 Å². The van der Waals surface area contributed by atoms with E-state index in [-0.39, 0.29) is 23.4 Å². The van der Waals surface area contributed by atoms with Gasteiger partial charge in [-0.2, -0.15) is 0 Å². The average molecular weight is 491 g/mol. The number of imidazole rings is 1. The van der Waals surface area contributed by atoms with Gasteiger partial charge in [0.05, 0.1) is 12.3 Å². The third-order valence-corrected chi connectivity index (χ3v) is 6.75. The number of ketones is 1. The van der Waals surface area contributed by atoms with Crippen LogP contribution in [0.3, 0.4) is 0 Å². The minimum absolute atomic E-state index is 0.0238. The van der Waals surface area contributed by atoms with Gasteiger partial charge in [0.1, 0.15) is 0 Å². The van der Waals surface area contributed by atoms with Crippen LogP contribution in [0.1, 0.15) is 32.5 Å². The van der Waals surface area contributed by atoms with Crippen LogP contribution in [0.5, 0.6) is 0 Å². The van der Waals surface area contributed by atoms with E-state index < -0.39 is 0 Å². The highest BCUT2D eigenvalue weighted by atomic mass is 32.2. The molecule has 34 heavy (non-hydrogen) atoms. The molecule has 0 bridgehead atoms. The van der Waals surface area contributed by atoms with Gasteiger partial charge in [-0.15, -0.1) is 11.3 Å². The first-order valence-corrected chi connectivity index (χ1v) is 12.3. The van der Waals surface area contributed by atoms with E-state index in [1.165, 1.54) is 18.7 Å². The van der Waals surface area contributed by atoms with Crippen LogP contribution in [0.15, 0.2) is 83.6 Å². The molecule has 0 saturated carbocycles. The van der Waals surface area contributed by atoms with Gasteiger partial charge >= 0.3 is 0 Å².